The van der Waals surface area contributed by atoms with Crippen LogP contribution in [0.4, 0.5) is 0 Å². The van der Waals surface area contributed by atoms with E-state index in [0.29, 0.717) is 13.1 Å². The molecule has 2 atom stereocenters. The number of hydrogen-bond donors (Lipinski definition) is 1. The monoisotopic (exact) mass is 370 g/mol. The number of carboxylic acids is 1. The molecule has 0 spiro atoms. The number of rotatable bonds is 4. The number of piperazine rings is 1. The Bertz CT molecular complexity index is 686. The number of aliphatic carboxylic acids is 1. The number of carbonyl (C=O) groups excluding carboxylic acids is 1. The molecule has 146 valence electrons. The van der Waals surface area contributed by atoms with Crippen molar-refractivity contribution in [1.82, 2.24) is 9.80 Å². The van der Waals surface area contributed by atoms with Gasteiger partial charge in [0.1, 0.15) is 0 Å². The van der Waals surface area contributed by atoms with Gasteiger partial charge in [-0.3, -0.25) is 14.5 Å². The van der Waals surface area contributed by atoms with Crippen LogP contribution in [0.2, 0.25) is 0 Å². The van der Waals surface area contributed by atoms with Crippen LogP contribution in [-0.2, 0) is 16.1 Å². The molecule has 3 aliphatic carbocycles. The Morgan fingerprint density at radius 2 is 1.48 bits per heavy atom. The zero-order valence-electron chi connectivity index (χ0n) is 16.1. The number of amides is 1. The van der Waals surface area contributed by atoms with Gasteiger partial charge in [-0.15, -0.1) is 0 Å². The molecular weight excluding hydrogens is 340 g/mol. The fraction of sp³-hybridized carbons (Fsp3) is 0.636. The van der Waals surface area contributed by atoms with Crippen molar-refractivity contribution >= 4 is 11.9 Å². The van der Waals surface area contributed by atoms with Crippen molar-refractivity contribution in [2.24, 2.45) is 23.7 Å². The van der Waals surface area contributed by atoms with Gasteiger partial charge >= 0.3 is 5.97 Å². The van der Waals surface area contributed by atoms with E-state index in [1.54, 1.807) is 0 Å². The first-order chi connectivity index (χ1) is 13.0. The summed E-state index contributed by atoms with van der Waals surface area (Å²) in [6, 6.07) is 8.62. The van der Waals surface area contributed by atoms with Crippen molar-refractivity contribution in [3.05, 3.63) is 35.4 Å². The lowest BCUT2D eigenvalue weighted by molar-refractivity contribution is -0.163. The van der Waals surface area contributed by atoms with E-state index in [9.17, 15) is 14.7 Å². The summed E-state index contributed by atoms with van der Waals surface area (Å²) in [6.45, 7) is 6.15. The second-order valence-electron chi connectivity index (χ2n) is 8.65. The van der Waals surface area contributed by atoms with Gasteiger partial charge in [-0.2, -0.15) is 0 Å². The van der Waals surface area contributed by atoms with Crippen LogP contribution in [0.1, 0.15) is 36.8 Å². The Morgan fingerprint density at radius 3 is 2.04 bits per heavy atom. The first-order valence-electron chi connectivity index (χ1n) is 10.3. The van der Waals surface area contributed by atoms with E-state index in [2.05, 4.69) is 36.1 Å². The molecule has 27 heavy (non-hydrogen) atoms. The smallest absolute Gasteiger partial charge is 0.307 e. The van der Waals surface area contributed by atoms with Crippen LogP contribution in [-0.4, -0.2) is 53.0 Å². The van der Waals surface area contributed by atoms with E-state index >= 15 is 0 Å². The molecule has 5 rings (SSSR count). The fourth-order valence-electron chi connectivity index (χ4n) is 5.45. The van der Waals surface area contributed by atoms with Gasteiger partial charge in [0.05, 0.1) is 11.8 Å². The quantitative estimate of drug-likeness (QED) is 0.885. The Balaban J connectivity index is 1.36. The molecule has 4 aliphatic rings. The minimum Gasteiger partial charge on any atom is -0.481 e. The van der Waals surface area contributed by atoms with E-state index in [0.717, 1.165) is 45.3 Å². The summed E-state index contributed by atoms with van der Waals surface area (Å²) in [5, 5.41) is 9.72. The van der Waals surface area contributed by atoms with Gasteiger partial charge in [0.2, 0.25) is 5.91 Å². The molecule has 1 N–H and O–H groups in total. The number of aryl methyl sites for hydroxylation is 1. The highest BCUT2D eigenvalue weighted by molar-refractivity contribution is 5.86. The molecule has 1 heterocycles. The van der Waals surface area contributed by atoms with Crippen LogP contribution < -0.4 is 0 Å². The first kappa shape index (κ1) is 18.5. The summed E-state index contributed by atoms with van der Waals surface area (Å²) in [5.41, 5.74) is 2.57. The number of nitrogens with zero attached hydrogens (tertiary/aromatic N) is 2. The Labute approximate surface area is 161 Å². The van der Waals surface area contributed by atoms with Crippen LogP contribution in [0.3, 0.4) is 0 Å². The van der Waals surface area contributed by atoms with Crippen molar-refractivity contribution < 1.29 is 14.7 Å². The number of carboxylic acid groups (broad SMARTS) is 1. The van der Waals surface area contributed by atoms with E-state index in [1.165, 1.54) is 11.1 Å². The minimum atomic E-state index is -0.763. The summed E-state index contributed by atoms with van der Waals surface area (Å²) in [7, 11) is 0. The zero-order valence-corrected chi connectivity index (χ0v) is 16.1. The van der Waals surface area contributed by atoms with E-state index < -0.39 is 11.9 Å². The average Bonchev–Trinajstić information content (AvgIpc) is 2.70. The first-order valence-corrected chi connectivity index (χ1v) is 10.3. The van der Waals surface area contributed by atoms with Crippen LogP contribution in [0, 0.1) is 30.6 Å². The lowest BCUT2D eigenvalue weighted by Crippen LogP contribution is -2.55. The van der Waals surface area contributed by atoms with Gasteiger partial charge in [0.25, 0.3) is 0 Å². The molecule has 1 amide bonds. The molecule has 4 fully saturated rings. The predicted octanol–water partition coefficient (Wildman–Crippen LogP) is 2.78. The highest BCUT2D eigenvalue weighted by Crippen LogP contribution is 2.49. The molecule has 3 saturated carbocycles. The Morgan fingerprint density at radius 1 is 0.926 bits per heavy atom. The van der Waals surface area contributed by atoms with Crippen LogP contribution in [0.5, 0.6) is 0 Å². The lowest BCUT2D eigenvalue weighted by Gasteiger charge is -2.48. The zero-order chi connectivity index (χ0) is 19.0. The summed E-state index contributed by atoms with van der Waals surface area (Å²) >= 11 is 0. The van der Waals surface area contributed by atoms with Gasteiger partial charge in [-0.1, -0.05) is 29.8 Å². The van der Waals surface area contributed by atoms with Gasteiger partial charge < -0.3 is 10.0 Å². The van der Waals surface area contributed by atoms with E-state index in [4.69, 9.17) is 0 Å². The molecule has 5 nitrogen and oxygen atoms in total. The van der Waals surface area contributed by atoms with Crippen molar-refractivity contribution in [2.75, 3.05) is 26.2 Å². The second-order valence-corrected chi connectivity index (χ2v) is 8.65. The van der Waals surface area contributed by atoms with Crippen molar-refractivity contribution in [3.8, 4) is 0 Å². The maximum atomic E-state index is 13.2. The summed E-state index contributed by atoms with van der Waals surface area (Å²) in [5.74, 6) is -0.944. The summed E-state index contributed by atoms with van der Waals surface area (Å²) in [6.07, 6.45) is 4.02. The predicted molar refractivity (Wildman–Crippen MR) is 103 cm³/mol. The molecule has 0 aromatic heterocycles. The molecule has 2 unspecified atom stereocenters. The largest absolute Gasteiger partial charge is 0.481 e. The molecule has 1 aromatic rings. The number of fused-ring (bicyclic) bond motifs is 3. The van der Waals surface area contributed by atoms with Gasteiger partial charge in [0, 0.05) is 32.7 Å². The average molecular weight is 370 g/mol. The fourth-order valence-corrected chi connectivity index (χ4v) is 5.45. The molecule has 2 bridgehead atoms. The molecule has 1 aromatic carbocycles. The highest BCUT2D eigenvalue weighted by atomic mass is 16.4. The van der Waals surface area contributed by atoms with E-state index in [-0.39, 0.29) is 23.7 Å². The molecular formula is C22H30N2O3. The van der Waals surface area contributed by atoms with Crippen molar-refractivity contribution in [2.45, 2.75) is 39.2 Å². The molecule has 5 heteroatoms. The van der Waals surface area contributed by atoms with Gasteiger partial charge in [-0.05, 0) is 50.0 Å². The summed E-state index contributed by atoms with van der Waals surface area (Å²) < 4.78 is 0. The normalized spacial score (nSPS) is 31.1. The van der Waals surface area contributed by atoms with Crippen LogP contribution >= 0.6 is 0 Å². The molecule has 1 aliphatic heterocycles. The number of carbonyl (C=O) groups is 2. The highest BCUT2D eigenvalue weighted by Gasteiger charge is 2.51. The lowest BCUT2D eigenvalue weighted by atomic mass is 9.58. The molecule has 0 radical (unpaired) electrons. The van der Waals surface area contributed by atoms with Crippen LogP contribution in [0.15, 0.2) is 24.3 Å². The van der Waals surface area contributed by atoms with Gasteiger partial charge in [-0.25, -0.2) is 0 Å². The molecule has 1 saturated heterocycles. The SMILES string of the molecule is Cc1ccc(CN2CCN(C(=O)C3C4CCC(CC4)C3C(=O)O)CC2)cc1. The van der Waals surface area contributed by atoms with Crippen LogP contribution in [0.25, 0.3) is 0 Å². The Kier molecular flexibility index (Phi) is 5.22. The third-order valence-electron chi connectivity index (χ3n) is 7.00. The second kappa shape index (κ2) is 7.63. The standard InChI is InChI=1S/C22H30N2O3/c1-15-2-4-16(5-3-15)14-23-10-12-24(13-11-23)21(25)19-17-6-8-18(9-7-17)20(19)22(26)27/h2-5,17-20H,6-14H2,1H3,(H,26,27). The summed E-state index contributed by atoms with van der Waals surface area (Å²) in [4.78, 5) is 29.4. The van der Waals surface area contributed by atoms with Crippen molar-refractivity contribution in [3.63, 3.8) is 0 Å². The van der Waals surface area contributed by atoms with Crippen molar-refractivity contribution in [1.29, 1.82) is 0 Å². The maximum Gasteiger partial charge on any atom is 0.307 e. The third kappa shape index (κ3) is 3.75. The van der Waals surface area contributed by atoms with Gasteiger partial charge in [0.15, 0.2) is 0 Å². The number of benzene rings is 1. The maximum absolute atomic E-state index is 13.2. The number of hydrogen-bond acceptors (Lipinski definition) is 3. The minimum absolute atomic E-state index is 0.104. The topological polar surface area (TPSA) is 60.9 Å². The van der Waals surface area contributed by atoms with E-state index in [1.807, 2.05) is 4.90 Å². The third-order valence-corrected chi connectivity index (χ3v) is 7.00. The Hall–Kier alpha value is -1.88.